The number of hydrogen-bond donors (Lipinski definition) is 1. The zero-order valence-corrected chi connectivity index (χ0v) is 9.63. The molecule has 0 aliphatic rings. The van der Waals surface area contributed by atoms with Gasteiger partial charge in [-0.05, 0) is 23.6 Å². The summed E-state index contributed by atoms with van der Waals surface area (Å²) in [6.07, 6.45) is 0. The lowest BCUT2D eigenvalue weighted by Gasteiger charge is -2.11. The molecule has 1 N–H and O–H groups in total. The van der Waals surface area contributed by atoms with Crippen molar-refractivity contribution in [1.29, 1.82) is 0 Å². The third-order valence-corrected chi connectivity index (χ3v) is 2.15. The Morgan fingerprint density at radius 2 is 2.00 bits per heavy atom. The third-order valence-electron chi connectivity index (χ3n) is 2.15. The Morgan fingerprint density at radius 1 is 1.33 bits per heavy atom. The zero-order valence-electron chi connectivity index (χ0n) is 9.63. The molecule has 0 unspecified atom stereocenters. The fourth-order valence-corrected chi connectivity index (χ4v) is 1.35. The van der Waals surface area contributed by atoms with E-state index in [0.717, 1.165) is 17.0 Å². The van der Waals surface area contributed by atoms with Crippen LogP contribution in [0.2, 0.25) is 0 Å². The Labute approximate surface area is 90.4 Å². The lowest BCUT2D eigenvalue weighted by atomic mass is 10.0. The van der Waals surface area contributed by atoms with Crippen molar-refractivity contribution in [3.63, 3.8) is 0 Å². The van der Waals surface area contributed by atoms with Crippen molar-refractivity contribution in [2.75, 3.05) is 12.4 Å². The van der Waals surface area contributed by atoms with Gasteiger partial charge in [-0.3, -0.25) is 4.79 Å². The van der Waals surface area contributed by atoms with Crippen molar-refractivity contribution in [2.24, 2.45) is 0 Å². The summed E-state index contributed by atoms with van der Waals surface area (Å²) >= 11 is 0. The van der Waals surface area contributed by atoms with Crippen molar-refractivity contribution in [2.45, 2.75) is 26.7 Å². The number of ether oxygens (including phenoxy) is 1. The molecule has 15 heavy (non-hydrogen) atoms. The second kappa shape index (κ2) is 4.82. The quantitative estimate of drug-likeness (QED) is 0.827. The lowest BCUT2D eigenvalue weighted by molar-refractivity contribution is -0.114. The summed E-state index contributed by atoms with van der Waals surface area (Å²) in [6.45, 7) is 5.70. The number of anilines is 1. The summed E-state index contributed by atoms with van der Waals surface area (Å²) in [5, 5.41) is 2.76. The summed E-state index contributed by atoms with van der Waals surface area (Å²) in [5.41, 5.74) is 1.93. The first-order valence-corrected chi connectivity index (χ1v) is 4.99. The molecule has 1 amide bonds. The minimum atomic E-state index is -0.0713. The highest BCUT2D eigenvalue weighted by Gasteiger charge is 2.05. The lowest BCUT2D eigenvalue weighted by Crippen LogP contribution is -2.06. The summed E-state index contributed by atoms with van der Waals surface area (Å²) in [4.78, 5) is 10.9. The second-order valence-corrected chi connectivity index (χ2v) is 3.83. The van der Waals surface area contributed by atoms with Gasteiger partial charge in [-0.25, -0.2) is 0 Å². The minimum Gasteiger partial charge on any atom is -0.497 e. The molecule has 1 aromatic rings. The molecular formula is C12H17NO2. The van der Waals surface area contributed by atoms with E-state index in [9.17, 15) is 4.79 Å². The maximum atomic E-state index is 10.9. The zero-order chi connectivity index (χ0) is 11.4. The maximum absolute atomic E-state index is 10.9. The molecule has 0 saturated heterocycles. The summed E-state index contributed by atoms with van der Waals surface area (Å²) in [6, 6.07) is 5.76. The fraction of sp³-hybridized carbons (Fsp3) is 0.417. The minimum absolute atomic E-state index is 0.0713. The molecule has 3 nitrogen and oxygen atoms in total. The molecule has 82 valence electrons. The van der Waals surface area contributed by atoms with Crippen molar-refractivity contribution in [3.8, 4) is 5.75 Å². The molecule has 0 heterocycles. The molecule has 0 aliphatic carbocycles. The van der Waals surface area contributed by atoms with E-state index in [1.54, 1.807) is 7.11 Å². The first-order valence-electron chi connectivity index (χ1n) is 4.99. The topological polar surface area (TPSA) is 38.3 Å². The van der Waals surface area contributed by atoms with Crippen LogP contribution in [0.25, 0.3) is 0 Å². The van der Waals surface area contributed by atoms with Crippen LogP contribution in [0.1, 0.15) is 32.3 Å². The van der Waals surface area contributed by atoms with Crippen LogP contribution in [0.3, 0.4) is 0 Å². The number of benzene rings is 1. The first-order chi connectivity index (χ1) is 7.02. The van der Waals surface area contributed by atoms with E-state index in [0.29, 0.717) is 5.92 Å². The highest BCUT2D eigenvalue weighted by molar-refractivity contribution is 5.89. The Morgan fingerprint density at radius 3 is 2.47 bits per heavy atom. The number of amides is 1. The number of rotatable bonds is 3. The molecule has 0 radical (unpaired) electrons. The average Bonchev–Trinajstić information content (AvgIpc) is 2.16. The van der Waals surface area contributed by atoms with Gasteiger partial charge >= 0.3 is 0 Å². The number of carbonyl (C=O) groups excluding carboxylic acids is 1. The Balaban J connectivity index is 3.05. The molecule has 3 heteroatoms. The van der Waals surface area contributed by atoms with Crippen LogP contribution >= 0.6 is 0 Å². The van der Waals surface area contributed by atoms with Crippen molar-refractivity contribution in [1.82, 2.24) is 0 Å². The summed E-state index contributed by atoms with van der Waals surface area (Å²) < 4.78 is 5.18. The van der Waals surface area contributed by atoms with Crippen LogP contribution in [0.4, 0.5) is 5.69 Å². The highest BCUT2D eigenvalue weighted by Crippen LogP contribution is 2.25. The number of nitrogens with one attached hydrogen (secondary N) is 1. The van der Waals surface area contributed by atoms with E-state index in [1.165, 1.54) is 6.92 Å². The van der Waals surface area contributed by atoms with Crippen LogP contribution in [-0.4, -0.2) is 13.0 Å². The molecular weight excluding hydrogens is 190 g/mol. The number of hydrogen-bond acceptors (Lipinski definition) is 2. The van der Waals surface area contributed by atoms with Crippen LogP contribution in [-0.2, 0) is 4.79 Å². The van der Waals surface area contributed by atoms with Gasteiger partial charge < -0.3 is 10.1 Å². The average molecular weight is 207 g/mol. The SMILES string of the molecule is COc1cc(NC(C)=O)cc(C(C)C)c1. The Bertz CT molecular complexity index is 359. The largest absolute Gasteiger partial charge is 0.497 e. The van der Waals surface area contributed by atoms with Crippen LogP contribution in [0, 0.1) is 0 Å². The maximum Gasteiger partial charge on any atom is 0.221 e. The molecule has 0 atom stereocenters. The number of carbonyl (C=O) groups is 1. The van der Waals surface area contributed by atoms with Crippen molar-refractivity contribution >= 4 is 11.6 Å². The first kappa shape index (κ1) is 11.6. The van der Waals surface area contributed by atoms with Gasteiger partial charge in [-0.1, -0.05) is 13.8 Å². The molecule has 0 bridgehead atoms. The highest BCUT2D eigenvalue weighted by atomic mass is 16.5. The normalized spacial score (nSPS) is 10.2. The van der Waals surface area contributed by atoms with Crippen LogP contribution < -0.4 is 10.1 Å². The monoisotopic (exact) mass is 207 g/mol. The van der Waals surface area contributed by atoms with E-state index in [2.05, 4.69) is 19.2 Å². The van der Waals surface area contributed by atoms with Crippen molar-refractivity contribution in [3.05, 3.63) is 23.8 Å². The van der Waals surface area contributed by atoms with E-state index in [1.807, 2.05) is 18.2 Å². The predicted octanol–water partition coefficient (Wildman–Crippen LogP) is 2.78. The van der Waals surface area contributed by atoms with Gasteiger partial charge in [0.05, 0.1) is 7.11 Å². The van der Waals surface area contributed by atoms with E-state index >= 15 is 0 Å². The molecule has 0 aliphatic heterocycles. The van der Waals surface area contributed by atoms with Crippen LogP contribution in [0.5, 0.6) is 5.75 Å². The molecule has 0 saturated carbocycles. The fourth-order valence-electron chi connectivity index (χ4n) is 1.35. The standard InChI is InChI=1S/C12H17NO2/c1-8(2)10-5-11(13-9(3)14)7-12(6-10)15-4/h5-8H,1-4H3,(H,13,14). The van der Waals surface area contributed by atoms with E-state index < -0.39 is 0 Å². The predicted molar refractivity (Wildman–Crippen MR) is 61.4 cm³/mol. The number of methoxy groups -OCH3 is 1. The molecule has 0 aromatic heterocycles. The van der Waals surface area contributed by atoms with Gasteiger partial charge in [0.2, 0.25) is 5.91 Å². The molecule has 0 spiro atoms. The van der Waals surface area contributed by atoms with E-state index in [-0.39, 0.29) is 5.91 Å². The van der Waals surface area contributed by atoms with Gasteiger partial charge in [0.25, 0.3) is 0 Å². The smallest absolute Gasteiger partial charge is 0.221 e. The Kier molecular flexibility index (Phi) is 3.72. The summed E-state index contributed by atoms with van der Waals surface area (Å²) in [7, 11) is 1.62. The van der Waals surface area contributed by atoms with E-state index in [4.69, 9.17) is 4.74 Å². The third kappa shape index (κ3) is 3.27. The van der Waals surface area contributed by atoms with Crippen LogP contribution in [0.15, 0.2) is 18.2 Å². The Hall–Kier alpha value is -1.51. The second-order valence-electron chi connectivity index (χ2n) is 3.83. The molecule has 0 fully saturated rings. The molecule has 1 aromatic carbocycles. The molecule has 1 rings (SSSR count). The van der Waals surface area contributed by atoms with Gasteiger partial charge in [0, 0.05) is 18.7 Å². The van der Waals surface area contributed by atoms with Gasteiger partial charge in [-0.15, -0.1) is 0 Å². The summed E-state index contributed by atoms with van der Waals surface area (Å²) in [5.74, 6) is 1.11. The van der Waals surface area contributed by atoms with Gasteiger partial charge in [-0.2, -0.15) is 0 Å². The van der Waals surface area contributed by atoms with Crippen molar-refractivity contribution < 1.29 is 9.53 Å². The van der Waals surface area contributed by atoms with Gasteiger partial charge in [0.1, 0.15) is 5.75 Å². The van der Waals surface area contributed by atoms with Gasteiger partial charge in [0.15, 0.2) is 0 Å².